The van der Waals surface area contributed by atoms with Crippen LogP contribution in [0.5, 0.6) is 17.2 Å². The summed E-state index contributed by atoms with van der Waals surface area (Å²) in [6.45, 7) is 1.52. The minimum absolute atomic E-state index is 0.0520. The van der Waals surface area contributed by atoms with Gasteiger partial charge in [-0.05, 0) is 25.1 Å². The zero-order valence-corrected chi connectivity index (χ0v) is 14.5. The van der Waals surface area contributed by atoms with Gasteiger partial charge in [0.15, 0.2) is 11.5 Å². The summed E-state index contributed by atoms with van der Waals surface area (Å²) >= 11 is 0. The summed E-state index contributed by atoms with van der Waals surface area (Å²) in [5, 5.41) is 23.6. The number of aliphatic hydroxyl groups is 1. The SMILES string of the molecule is Cc1cccc(C(=O)NC[C@@H](O)COc2ccc3c(c2)OCO3)c1[N+](=O)[O-]. The summed E-state index contributed by atoms with van der Waals surface area (Å²) in [5.41, 5.74) is 0.0873. The fourth-order valence-corrected chi connectivity index (χ4v) is 2.61. The summed E-state index contributed by atoms with van der Waals surface area (Å²) in [7, 11) is 0. The maximum Gasteiger partial charge on any atom is 0.285 e. The van der Waals surface area contributed by atoms with Crippen molar-refractivity contribution in [3.05, 3.63) is 57.6 Å². The second kappa shape index (κ2) is 7.92. The number of fused-ring (bicyclic) bond motifs is 1. The minimum atomic E-state index is -0.997. The highest BCUT2D eigenvalue weighted by molar-refractivity contribution is 5.98. The Balaban J connectivity index is 1.53. The maximum atomic E-state index is 12.2. The van der Waals surface area contributed by atoms with Crippen molar-refractivity contribution in [2.45, 2.75) is 13.0 Å². The third-order valence-electron chi connectivity index (χ3n) is 3.95. The molecule has 142 valence electrons. The lowest BCUT2D eigenvalue weighted by molar-refractivity contribution is -0.385. The van der Waals surface area contributed by atoms with Crippen LogP contribution in [0.3, 0.4) is 0 Å². The number of carbonyl (C=O) groups excluding carboxylic acids is 1. The Labute approximate surface area is 154 Å². The molecule has 1 heterocycles. The van der Waals surface area contributed by atoms with Gasteiger partial charge in [-0.1, -0.05) is 12.1 Å². The highest BCUT2D eigenvalue weighted by Crippen LogP contribution is 2.35. The van der Waals surface area contributed by atoms with Crippen LogP contribution in [0.2, 0.25) is 0 Å². The van der Waals surface area contributed by atoms with Crippen molar-refractivity contribution in [3.8, 4) is 17.2 Å². The van der Waals surface area contributed by atoms with Gasteiger partial charge < -0.3 is 24.6 Å². The zero-order chi connectivity index (χ0) is 19.4. The largest absolute Gasteiger partial charge is 0.491 e. The molecule has 0 aliphatic carbocycles. The first-order chi connectivity index (χ1) is 13.0. The molecule has 0 unspecified atom stereocenters. The van der Waals surface area contributed by atoms with Crippen LogP contribution < -0.4 is 19.5 Å². The zero-order valence-electron chi connectivity index (χ0n) is 14.5. The lowest BCUT2D eigenvalue weighted by Crippen LogP contribution is -2.35. The lowest BCUT2D eigenvalue weighted by atomic mass is 10.1. The first-order valence-electron chi connectivity index (χ1n) is 8.18. The number of nitro groups is 1. The van der Waals surface area contributed by atoms with Gasteiger partial charge in [-0.15, -0.1) is 0 Å². The number of carbonyl (C=O) groups is 1. The molecule has 2 N–H and O–H groups in total. The van der Waals surface area contributed by atoms with Gasteiger partial charge in [0.25, 0.3) is 11.6 Å². The number of nitrogens with one attached hydrogen (secondary N) is 1. The van der Waals surface area contributed by atoms with Crippen LogP contribution in [-0.2, 0) is 0 Å². The highest BCUT2D eigenvalue weighted by atomic mass is 16.7. The summed E-state index contributed by atoms with van der Waals surface area (Å²) < 4.78 is 15.9. The molecule has 0 radical (unpaired) electrons. The Morgan fingerprint density at radius 1 is 1.33 bits per heavy atom. The number of rotatable bonds is 7. The van der Waals surface area contributed by atoms with Crippen molar-refractivity contribution < 1.29 is 29.0 Å². The number of hydrogen-bond donors (Lipinski definition) is 2. The number of benzene rings is 2. The van der Waals surface area contributed by atoms with Crippen LogP contribution in [0.4, 0.5) is 5.69 Å². The average Bonchev–Trinajstić information content (AvgIpc) is 3.11. The molecule has 0 fully saturated rings. The lowest BCUT2D eigenvalue weighted by Gasteiger charge is -2.14. The number of aliphatic hydroxyl groups excluding tert-OH is 1. The van der Waals surface area contributed by atoms with Crippen LogP contribution in [-0.4, -0.2) is 42.0 Å². The molecule has 3 rings (SSSR count). The van der Waals surface area contributed by atoms with Crippen molar-refractivity contribution in [1.29, 1.82) is 0 Å². The number of aryl methyl sites for hydroxylation is 1. The molecule has 0 saturated carbocycles. The quantitative estimate of drug-likeness (QED) is 0.560. The Kier molecular flexibility index (Phi) is 5.41. The number of nitrogens with zero attached hydrogens (tertiary/aromatic N) is 1. The maximum absolute atomic E-state index is 12.2. The van der Waals surface area contributed by atoms with Gasteiger partial charge in [0.1, 0.15) is 24.0 Å². The molecule has 1 aliphatic rings. The number of para-hydroxylation sites is 1. The monoisotopic (exact) mass is 374 g/mol. The van der Waals surface area contributed by atoms with Gasteiger partial charge in [0.2, 0.25) is 6.79 Å². The molecular formula is C18H18N2O7. The molecule has 0 bridgehead atoms. The minimum Gasteiger partial charge on any atom is -0.491 e. The standard InChI is InChI=1S/C18H18N2O7/c1-11-3-2-4-14(17(11)20(23)24)18(22)19-8-12(21)9-25-13-5-6-15-16(7-13)27-10-26-15/h2-7,12,21H,8-10H2,1H3,(H,19,22)/t12-/m1/s1. The van der Waals surface area contributed by atoms with E-state index < -0.39 is 16.9 Å². The molecule has 2 aromatic carbocycles. The summed E-state index contributed by atoms with van der Waals surface area (Å²) in [4.78, 5) is 22.8. The Hall–Kier alpha value is -3.33. The highest BCUT2D eigenvalue weighted by Gasteiger charge is 2.22. The Bertz CT molecular complexity index is 869. The van der Waals surface area contributed by atoms with Gasteiger partial charge in [-0.2, -0.15) is 0 Å². The second-order valence-corrected chi connectivity index (χ2v) is 5.92. The van der Waals surface area contributed by atoms with Crippen molar-refractivity contribution in [3.63, 3.8) is 0 Å². The fraction of sp³-hybridized carbons (Fsp3) is 0.278. The molecule has 2 aromatic rings. The summed E-state index contributed by atoms with van der Waals surface area (Å²) in [6, 6.07) is 9.51. The topological polar surface area (TPSA) is 120 Å². The van der Waals surface area contributed by atoms with Gasteiger partial charge in [0, 0.05) is 18.2 Å². The van der Waals surface area contributed by atoms with E-state index in [1.54, 1.807) is 37.3 Å². The van der Waals surface area contributed by atoms with E-state index in [9.17, 15) is 20.0 Å². The van der Waals surface area contributed by atoms with E-state index in [2.05, 4.69) is 5.32 Å². The molecular weight excluding hydrogens is 356 g/mol. The Morgan fingerprint density at radius 3 is 2.89 bits per heavy atom. The number of hydrogen-bond acceptors (Lipinski definition) is 7. The predicted molar refractivity (Wildman–Crippen MR) is 94.2 cm³/mol. The van der Waals surface area contributed by atoms with Crippen LogP contribution in [0.1, 0.15) is 15.9 Å². The van der Waals surface area contributed by atoms with E-state index in [0.29, 0.717) is 22.8 Å². The third-order valence-corrected chi connectivity index (χ3v) is 3.95. The van der Waals surface area contributed by atoms with E-state index in [0.717, 1.165) is 0 Å². The molecule has 1 amide bonds. The van der Waals surface area contributed by atoms with E-state index in [1.807, 2.05) is 0 Å². The predicted octanol–water partition coefficient (Wildman–Crippen LogP) is 1.80. The van der Waals surface area contributed by atoms with Crippen molar-refractivity contribution in [2.75, 3.05) is 19.9 Å². The molecule has 9 nitrogen and oxygen atoms in total. The van der Waals surface area contributed by atoms with Gasteiger partial charge in [-0.25, -0.2) is 0 Å². The van der Waals surface area contributed by atoms with Crippen molar-refractivity contribution in [2.24, 2.45) is 0 Å². The molecule has 9 heteroatoms. The van der Waals surface area contributed by atoms with E-state index in [1.165, 1.54) is 6.07 Å². The molecule has 0 saturated heterocycles. The smallest absolute Gasteiger partial charge is 0.285 e. The van der Waals surface area contributed by atoms with Gasteiger partial charge >= 0.3 is 0 Å². The molecule has 1 aliphatic heterocycles. The van der Waals surface area contributed by atoms with Crippen LogP contribution in [0, 0.1) is 17.0 Å². The van der Waals surface area contributed by atoms with Gasteiger partial charge in [0.05, 0.1) is 4.92 Å². The Morgan fingerprint density at radius 2 is 2.11 bits per heavy atom. The van der Waals surface area contributed by atoms with Crippen molar-refractivity contribution >= 4 is 11.6 Å². The van der Waals surface area contributed by atoms with E-state index >= 15 is 0 Å². The molecule has 0 spiro atoms. The van der Waals surface area contributed by atoms with E-state index in [4.69, 9.17) is 14.2 Å². The molecule has 1 atom stereocenters. The van der Waals surface area contributed by atoms with Crippen LogP contribution in [0.15, 0.2) is 36.4 Å². The first-order valence-corrected chi connectivity index (χ1v) is 8.18. The molecule has 0 aromatic heterocycles. The van der Waals surface area contributed by atoms with Crippen LogP contribution >= 0.6 is 0 Å². The summed E-state index contributed by atoms with van der Waals surface area (Å²) in [5.74, 6) is 1.03. The van der Waals surface area contributed by atoms with Crippen LogP contribution in [0.25, 0.3) is 0 Å². The van der Waals surface area contributed by atoms with Crippen molar-refractivity contribution in [1.82, 2.24) is 5.32 Å². The number of ether oxygens (including phenoxy) is 3. The number of amides is 1. The summed E-state index contributed by atoms with van der Waals surface area (Å²) in [6.07, 6.45) is -0.997. The molecule has 27 heavy (non-hydrogen) atoms. The first kappa shape index (κ1) is 18.5. The normalized spacial score (nSPS) is 13.1. The third kappa shape index (κ3) is 4.26. The second-order valence-electron chi connectivity index (χ2n) is 5.92. The number of nitro benzene ring substituents is 1. The average molecular weight is 374 g/mol. The van der Waals surface area contributed by atoms with Gasteiger partial charge in [-0.3, -0.25) is 14.9 Å². The van der Waals surface area contributed by atoms with E-state index in [-0.39, 0.29) is 31.2 Å². The fourth-order valence-electron chi connectivity index (χ4n) is 2.61.